The maximum Gasteiger partial charge on any atom is 0.0942 e. The van der Waals surface area contributed by atoms with E-state index in [0.717, 1.165) is 32.3 Å². The smallest absolute Gasteiger partial charge is 0.0942 e. The Hall–Kier alpha value is -2.70. The Kier molecular flexibility index (Phi) is 2.74. The summed E-state index contributed by atoms with van der Waals surface area (Å²) in [5.41, 5.74) is 6.73. The number of allylic oxidation sites excluding steroid dienone is 4. The van der Waals surface area contributed by atoms with E-state index >= 15 is 0 Å². The molecular weight excluding hydrogens is 412 g/mol. The third-order valence-corrected chi connectivity index (χ3v) is 10.5. The van der Waals surface area contributed by atoms with Crippen LogP contribution in [0.15, 0.2) is 93.8 Å². The summed E-state index contributed by atoms with van der Waals surface area (Å²) in [5.74, 6) is 0. The molecule has 0 saturated carbocycles. The molecule has 0 bridgehead atoms. The molecule has 1 fully saturated rings. The molecule has 30 heavy (non-hydrogen) atoms. The van der Waals surface area contributed by atoms with Crippen molar-refractivity contribution < 1.29 is 8.42 Å². The summed E-state index contributed by atoms with van der Waals surface area (Å²) in [6, 6.07) is 12.3. The van der Waals surface area contributed by atoms with Crippen molar-refractivity contribution >= 4 is 33.0 Å². The SMILES string of the molecule is O=S1c2cccc3c2N2C4C(=CC=C[C@@H]41)C1=CC=CC4[C@H]1N2c1c-3cccc1[S@@]4=O. The molecule has 8 rings (SSSR count). The van der Waals surface area contributed by atoms with Crippen molar-refractivity contribution in [3.8, 4) is 11.1 Å². The molecule has 4 nitrogen and oxygen atoms in total. The van der Waals surface area contributed by atoms with Crippen LogP contribution in [0, 0.1) is 0 Å². The Balaban J connectivity index is 1.59. The van der Waals surface area contributed by atoms with Gasteiger partial charge < -0.3 is 0 Å². The van der Waals surface area contributed by atoms with Crippen LogP contribution in [0.3, 0.4) is 0 Å². The molecule has 0 amide bonds. The predicted molar refractivity (Wildman–Crippen MR) is 119 cm³/mol. The number of benzene rings is 2. The van der Waals surface area contributed by atoms with Crippen molar-refractivity contribution in [1.82, 2.24) is 0 Å². The number of hydrazine groups is 1. The first-order valence-electron chi connectivity index (χ1n) is 10.2. The fraction of sp³-hybridized carbons (Fsp3) is 0.167. The molecule has 146 valence electrons. The molecule has 6 heteroatoms. The third kappa shape index (κ3) is 1.58. The molecule has 4 aliphatic heterocycles. The summed E-state index contributed by atoms with van der Waals surface area (Å²) in [6.07, 6.45) is 12.6. The van der Waals surface area contributed by atoms with Gasteiger partial charge in [0.25, 0.3) is 0 Å². The number of hydrogen-bond acceptors (Lipinski definition) is 4. The lowest BCUT2D eigenvalue weighted by atomic mass is 9.79. The number of nitrogens with zero attached hydrogens (tertiary/aromatic N) is 2. The first kappa shape index (κ1) is 16.1. The first-order valence-corrected chi connectivity index (χ1v) is 12.6. The van der Waals surface area contributed by atoms with Crippen molar-refractivity contribution in [3.63, 3.8) is 0 Å². The normalized spacial score (nSPS) is 34.9. The van der Waals surface area contributed by atoms with Gasteiger partial charge in [-0.05, 0) is 23.3 Å². The van der Waals surface area contributed by atoms with Gasteiger partial charge >= 0.3 is 0 Å². The van der Waals surface area contributed by atoms with Gasteiger partial charge in [-0.1, -0.05) is 60.7 Å². The van der Waals surface area contributed by atoms with E-state index < -0.39 is 21.6 Å². The second-order valence-electron chi connectivity index (χ2n) is 8.42. The summed E-state index contributed by atoms with van der Waals surface area (Å²) in [4.78, 5) is 1.80. The number of fused-ring (bicyclic) bond motifs is 2. The zero-order valence-electron chi connectivity index (χ0n) is 15.8. The lowest BCUT2D eigenvalue weighted by Crippen LogP contribution is -2.70. The molecule has 0 N–H and O–H groups in total. The second kappa shape index (κ2) is 5.13. The third-order valence-electron chi connectivity index (χ3n) is 7.18. The highest BCUT2D eigenvalue weighted by Gasteiger charge is 2.58. The highest BCUT2D eigenvalue weighted by molar-refractivity contribution is 7.86. The molecule has 4 heterocycles. The average Bonchev–Trinajstić information content (AvgIpc) is 2.80. The summed E-state index contributed by atoms with van der Waals surface area (Å²) < 4.78 is 27.3. The van der Waals surface area contributed by atoms with Crippen LogP contribution in [0.4, 0.5) is 11.4 Å². The summed E-state index contributed by atoms with van der Waals surface area (Å²) >= 11 is 0. The van der Waals surface area contributed by atoms with Gasteiger partial charge in [-0.2, -0.15) is 0 Å². The fourth-order valence-corrected chi connectivity index (χ4v) is 9.34. The summed E-state index contributed by atoms with van der Waals surface area (Å²) in [7, 11) is -2.25. The Morgan fingerprint density at radius 1 is 0.667 bits per heavy atom. The molecule has 2 aromatic carbocycles. The zero-order chi connectivity index (χ0) is 19.7. The molecule has 2 aromatic rings. The number of para-hydroxylation sites is 2. The highest BCUT2D eigenvalue weighted by atomic mass is 32.2. The monoisotopic (exact) mass is 428 g/mol. The molecule has 2 aliphatic carbocycles. The number of anilines is 2. The Morgan fingerprint density at radius 2 is 1.13 bits per heavy atom. The largest absolute Gasteiger partial charge is 0.274 e. The van der Waals surface area contributed by atoms with E-state index in [4.69, 9.17) is 0 Å². The van der Waals surface area contributed by atoms with Crippen LogP contribution in [-0.2, 0) is 21.6 Å². The maximum absolute atomic E-state index is 13.7. The van der Waals surface area contributed by atoms with E-state index in [1.165, 1.54) is 11.1 Å². The molecule has 1 saturated heterocycles. The quantitative estimate of drug-likeness (QED) is 0.643. The van der Waals surface area contributed by atoms with E-state index in [1.54, 1.807) is 0 Å². The maximum atomic E-state index is 13.7. The van der Waals surface area contributed by atoms with Crippen molar-refractivity contribution in [3.05, 3.63) is 84.0 Å². The predicted octanol–water partition coefficient (Wildman–Crippen LogP) is 3.62. The zero-order valence-corrected chi connectivity index (χ0v) is 17.4. The van der Waals surface area contributed by atoms with Gasteiger partial charge in [0, 0.05) is 11.1 Å². The van der Waals surface area contributed by atoms with Crippen LogP contribution in [0.2, 0.25) is 0 Å². The minimum Gasteiger partial charge on any atom is -0.274 e. The van der Waals surface area contributed by atoms with Crippen LogP contribution in [0.1, 0.15) is 0 Å². The molecular formula is C24H16N2O2S2. The van der Waals surface area contributed by atoms with E-state index in [0.29, 0.717) is 0 Å². The van der Waals surface area contributed by atoms with Crippen molar-refractivity contribution in [2.75, 3.05) is 10.0 Å². The summed E-state index contributed by atoms with van der Waals surface area (Å²) in [5, 5.41) is 4.59. The van der Waals surface area contributed by atoms with Crippen molar-refractivity contribution in [2.24, 2.45) is 0 Å². The van der Waals surface area contributed by atoms with Gasteiger partial charge in [0.05, 0.1) is 65.3 Å². The number of rotatable bonds is 0. The van der Waals surface area contributed by atoms with E-state index in [9.17, 15) is 8.42 Å². The van der Waals surface area contributed by atoms with Crippen LogP contribution in [0.25, 0.3) is 11.1 Å². The Labute approximate surface area is 178 Å². The van der Waals surface area contributed by atoms with Gasteiger partial charge in [0.2, 0.25) is 0 Å². The summed E-state index contributed by atoms with van der Waals surface area (Å²) in [6.45, 7) is 0. The molecule has 0 aromatic heterocycles. The van der Waals surface area contributed by atoms with Gasteiger partial charge in [0.1, 0.15) is 0 Å². The minimum atomic E-state index is -1.12. The molecule has 0 spiro atoms. The van der Waals surface area contributed by atoms with Gasteiger partial charge in [-0.15, -0.1) is 0 Å². The van der Waals surface area contributed by atoms with Gasteiger partial charge in [-0.25, -0.2) is 0 Å². The molecule has 0 radical (unpaired) electrons. The minimum absolute atomic E-state index is 0.00752. The van der Waals surface area contributed by atoms with E-state index in [1.807, 2.05) is 24.3 Å². The molecule has 3 unspecified atom stereocenters. The second-order valence-corrected chi connectivity index (χ2v) is 11.6. The molecule has 6 aliphatic rings. The van der Waals surface area contributed by atoms with Crippen molar-refractivity contribution in [2.45, 2.75) is 32.4 Å². The van der Waals surface area contributed by atoms with Crippen LogP contribution < -0.4 is 10.0 Å². The van der Waals surface area contributed by atoms with E-state index in [2.05, 4.69) is 58.6 Å². The fourth-order valence-electron chi connectivity index (χ4n) is 6.08. The Morgan fingerprint density at radius 3 is 1.60 bits per heavy atom. The van der Waals surface area contributed by atoms with Crippen molar-refractivity contribution in [1.29, 1.82) is 0 Å². The van der Waals surface area contributed by atoms with Gasteiger partial charge in [-0.3, -0.25) is 18.4 Å². The lowest BCUT2D eigenvalue weighted by Gasteiger charge is -2.62. The van der Waals surface area contributed by atoms with Crippen LogP contribution >= 0.6 is 0 Å². The standard InChI is InChI=1S/C24H16N2O2S2/c27-29-17-9-1-5-13-14-6-2-11-19-22(14)26-24-16(8-4-12-20(24)30(19)28)15-7-3-10-18(29)23(15)25(26)21(13)17/h1-12,17,19,21-22H/t17-,19?,21?,22-,29?,30+/m0/s1. The van der Waals surface area contributed by atoms with Crippen LogP contribution in [-0.4, -0.2) is 31.0 Å². The Bertz CT molecular complexity index is 1280. The van der Waals surface area contributed by atoms with Gasteiger partial charge in [0.15, 0.2) is 0 Å². The molecule has 6 atom stereocenters. The first-order chi connectivity index (χ1) is 14.8. The number of hydrogen-bond donors (Lipinski definition) is 0. The highest BCUT2D eigenvalue weighted by Crippen LogP contribution is 2.59. The van der Waals surface area contributed by atoms with Crippen LogP contribution in [0.5, 0.6) is 0 Å². The topological polar surface area (TPSA) is 40.6 Å². The average molecular weight is 429 g/mol. The lowest BCUT2D eigenvalue weighted by molar-refractivity contribution is 0.498. The van der Waals surface area contributed by atoms with E-state index in [-0.39, 0.29) is 22.6 Å².